The number of nitrogens with zero attached hydrogens (tertiary/aromatic N) is 1. The summed E-state index contributed by atoms with van der Waals surface area (Å²) in [6, 6.07) is 14.4. The summed E-state index contributed by atoms with van der Waals surface area (Å²) in [5.74, 6) is -1.54. The van der Waals surface area contributed by atoms with E-state index in [1.807, 2.05) is 6.07 Å². The molecule has 0 saturated heterocycles. The van der Waals surface area contributed by atoms with Crippen molar-refractivity contribution < 1.29 is 24.2 Å². The molecule has 3 rings (SSSR count). The van der Waals surface area contributed by atoms with Crippen LogP contribution in [-0.4, -0.2) is 33.7 Å². The van der Waals surface area contributed by atoms with Gasteiger partial charge in [0.1, 0.15) is 5.60 Å². The van der Waals surface area contributed by atoms with Gasteiger partial charge in [-0.3, -0.25) is 15.1 Å². The number of hydrogen-bond acceptors (Lipinski definition) is 5. The van der Waals surface area contributed by atoms with Crippen LogP contribution in [0.3, 0.4) is 0 Å². The molecule has 0 unspecified atom stereocenters. The number of hydrogen-bond donors (Lipinski definition) is 3. The van der Waals surface area contributed by atoms with Crippen LogP contribution in [0.1, 0.15) is 41.5 Å². The summed E-state index contributed by atoms with van der Waals surface area (Å²) in [4.78, 5) is 40.2. The number of rotatable bonds is 5. The minimum Gasteiger partial charge on any atom is -0.478 e. The van der Waals surface area contributed by atoms with Gasteiger partial charge < -0.3 is 15.2 Å². The van der Waals surface area contributed by atoms with E-state index in [-0.39, 0.29) is 11.1 Å². The Kier molecular flexibility index (Phi) is 6.53. The monoisotopic (exact) mass is 433 g/mol. The number of aromatic nitrogens is 1. The second-order valence-corrected chi connectivity index (χ2v) is 7.97. The zero-order chi connectivity index (χ0) is 23.3. The molecule has 0 saturated carbocycles. The first-order valence-electron chi connectivity index (χ1n) is 9.81. The maximum atomic E-state index is 12.8. The van der Waals surface area contributed by atoms with E-state index in [2.05, 4.69) is 15.6 Å². The normalized spacial score (nSPS) is 10.8. The van der Waals surface area contributed by atoms with Crippen molar-refractivity contribution in [2.24, 2.45) is 0 Å². The van der Waals surface area contributed by atoms with Crippen molar-refractivity contribution in [1.82, 2.24) is 4.98 Å². The first kappa shape index (κ1) is 22.5. The van der Waals surface area contributed by atoms with Crippen molar-refractivity contribution in [2.75, 3.05) is 10.6 Å². The van der Waals surface area contributed by atoms with Crippen LogP contribution in [0.25, 0.3) is 11.1 Å². The predicted molar refractivity (Wildman–Crippen MR) is 121 cm³/mol. The Labute approximate surface area is 185 Å². The van der Waals surface area contributed by atoms with E-state index in [4.69, 9.17) is 9.84 Å². The van der Waals surface area contributed by atoms with Gasteiger partial charge in [0, 0.05) is 23.5 Å². The third-order valence-electron chi connectivity index (χ3n) is 4.29. The molecule has 8 nitrogen and oxygen atoms in total. The zero-order valence-corrected chi connectivity index (χ0v) is 17.9. The standard InChI is InChI=1S/C24H23N3O5/c1-24(2,3)32-23(31)27-19-11-10-17(18-5-4-12-25-14-18)13-20(19)26-21(28)15-6-8-16(9-7-15)22(29)30/h4-14H,1-3H3,(H,26,28)(H,27,31)(H,29,30). The Balaban J connectivity index is 1.91. The second-order valence-electron chi connectivity index (χ2n) is 7.97. The van der Waals surface area contributed by atoms with E-state index in [1.165, 1.54) is 24.3 Å². The number of benzene rings is 2. The van der Waals surface area contributed by atoms with Gasteiger partial charge in [0.25, 0.3) is 5.91 Å². The summed E-state index contributed by atoms with van der Waals surface area (Å²) in [5.41, 5.74) is 1.97. The molecule has 1 aromatic heterocycles. The Morgan fingerprint density at radius 1 is 0.875 bits per heavy atom. The zero-order valence-electron chi connectivity index (χ0n) is 17.9. The first-order valence-corrected chi connectivity index (χ1v) is 9.81. The predicted octanol–water partition coefficient (Wildman–Crippen LogP) is 5.05. The van der Waals surface area contributed by atoms with Crippen LogP contribution in [0.15, 0.2) is 67.0 Å². The molecule has 164 valence electrons. The number of amides is 2. The summed E-state index contributed by atoms with van der Waals surface area (Å²) in [6.07, 6.45) is 2.69. The van der Waals surface area contributed by atoms with E-state index in [0.717, 1.165) is 11.1 Å². The highest BCUT2D eigenvalue weighted by Crippen LogP contribution is 2.30. The lowest BCUT2D eigenvalue weighted by molar-refractivity contribution is 0.0634. The molecule has 8 heteroatoms. The lowest BCUT2D eigenvalue weighted by Crippen LogP contribution is -2.27. The first-order chi connectivity index (χ1) is 15.1. The summed E-state index contributed by atoms with van der Waals surface area (Å²) >= 11 is 0. The van der Waals surface area contributed by atoms with Gasteiger partial charge in [0.15, 0.2) is 0 Å². The average molecular weight is 433 g/mol. The van der Waals surface area contributed by atoms with Crippen molar-refractivity contribution in [3.8, 4) is 11.1 Å². The molecule has 2 amide bonds. The quantitative estimate of drug-likeness (QED) is 0.518. The van der Waals surface area contributed by atoms with Crippen LogP contribution < -0.4 is 10.6 Å². The molecule has 1 heterocycles. The van der Waals surface area contributed by atoms with Gasteiger partial charge in [-0.2, -0.15) is 0 Å². The van der Waals surface area contributed by atoms with Gasteiger partial charge in [-0.25, -0.2) is 9.59 Å². The molecule has 0 fully saturated rings. The Hall–Kier alpha value is -4.20. The number of pyridine rings is 1. The minimum absolute atomic E-state index is 0.0763. The van der Waals surface area contributed by atoms with Crippen LogP contribution in [0.4, 0.5) is 16.2 Å². The number of ether oxygens (including phenoxy) is 1. The van der Waals surface area contributed by atoms with E-state index in [1.54, 1.807) is 57.4 Å². The van der Waals surface area contributed by atoms with Crippen molar-refractivity contribution in [3.05, 3.63) is 78.1 Å². The molecule has 0 aliphatic rings. The smallest absolute Gasteiger partial charge is 0.412 e. The largest absolute Gasteiger partial charge is 0.478 e. The van der Waals surface area contributed by atoms with E-state index >= 15 is 0 Å². The number of carbonyl (C=O) groups is 3. The Morgan fingerprint density at radius 3 is 2.16 bits per heavy atom. The molecule has 0 aliphatic carbocycles. The van der Waals surface area contributed by atoms with Crippen LogP contribution in [0.2, 0.25) is 0 Å². The van der Waals surface area contributed by atoms with E-state index in [0.29, 0.717) is 11.4 Å². The third-order valence-corrected chi connectivity index (χ3v) is 4.29. The third kappa shape index (κ3) is 5.91. The maximum Gasteiger partial charge on any atom is 0.412 e. The maximum absolute atomic E-state index is 12.8. The topological polar surface area (TPSA) is 118 Å². The van der Waals surface area contributed by atoms with Crippen LogP contribution >= 0.6 is 0 Å². The van der Waals surface area contributed by atoms with E-state index in [9.17, 15) is 14.4 Å². The van der Waals surface area contributed by atoms with Crippen molar-refractivity contribution in [2.45, 2.75) is 26.4 Å². The number of carboxylic acid groups (broad SMARTS) is 1. The van der Waals surface area contributed by atoms with Crippen LogP contribution in [0, 0.1) is 0 Å². The fourth-order valence-electron chi connectivity index (χ4n) is 2.84. The molecule has 2 aromatic carbocycles. The average Bonchev–Trinajstić information content (AvgIpc) is 2.74. The molecule has 0 bridgehead atoms. The number of nitrogens with one attached hydrogen (secondary N) is 2. The second kappa shape index (κ2) is 9.30. The highest BCUT2D eigenvalue weighted by Gasteiger charge is 2.18. The Morgan fingerprint density at radius 2 is 1.56 bits per heavy atom. The fourth-order valence-corrected chi connectivity index (χ4v) is 2.84. The highest BCUT2D eigenvalue weighted by atomic mass is 16.6. The van der Waals surface area contributed by atoms with Crippen LogP contribution in [-0.2, 0) is 4.74 Å². The summed E-state index contributed by atoms with van der Waals surface area (Å²) < 4.78 is 5.31. The van der Waals surface area contributed by atoms with Gasteiger partial charge in [-0.05, 0) is 68.8 Å². The number of carboxylic acids is 1. The molecule has 0 spiro atoms. The number of aromatic carboxylic acids is 1. The van der Waals surface area contributed by atoms with Gasteiger partial charge in [-0.15, -0.1) is 0 Å². The van der Waals surface area contributed by atoms with Crippen LogP contribution in [0.5, 0.6) is 0 Å². The van der Waals surface area contributed by atoms with Gasteiger partial charge in [-0.1, -0.05) is 12.1 Å². The molecule has 32 heavy (non-hydrogen) atoms. The van der Waals surface area contributed by atoms with Gasteiger partial charge >= 0.3 is 12.1 Å². The fraction of sp³-hybridized carbons (Fsp3) is 0.167. The van der Waals surface area contributed by atoms with Gasteiger partial charge in [0.2, 0.25) is 0 Å². The highest BCUT2D eigenvalue weighted by molar-refractivity contribution is 6.07. The molecule has 0 radical (unpaired) electrons. The van der Waals surface area contributed by atoms with Crippen molar-refractivity contribution in [1.29, 1.82) is 0 Å². The molecule has 0 atom stereocenters. The van der Waals surface area contributed by atoms with Crippen molar-refractivity contribution in [3.63, 3.8) is 0 Å². The summed E-state index contributed by atoms with van der Waals surface area (Å²) in [5, 5.41) is 14.5. The number of anilines is 2. The molecule has 3 N–H and O–H groups in total. The van der Waals surface area contributed by atoms with Crippen molar-refractivity contribution >= 4 is 29.3 Å². The van der Waals surface area contributed by atoms with Gasteiger partial charge in [0.05, 0.1) is 16.9 Å². The molecule has 3 aromatic rings. The minimum atomic E-state index is -1.08. The summed E-state index contributed by atoms with van der Waals surface area (Å²) in [6.45, 7) is 5.25. The molecule has 0 aliphatic heterocycles. The SMILES string of the molecule is CC(C)(C)OC(=O)Nc1ccc(-c2cccnc2)cc1NC(=O)c1ccc(C(=O)O)cc1. The Bertz CT molecular complexity index is 1140. The van der Waals surface area contributed by atoms with E-state index < -0.39 is 23.6 Å². The molecular weight excluding hydrogens is 410 g/mol. The lowest BCUT2D eigenvalue weighted by Gasteiger charge is -2.21. The number of carbonyl (C=O) groups excluding carboxylic acids is 2. The molecular formula is C24H23N3O5. The summed E-state index contributed by atoms with van der Waals surface area (Å²) in [7, 11) is 0. The lowest BCUT2D eigenvalue weighted by atomic mass is 10.1.